The molecular weight excluding hydrogens is 122 g/mol. The number of nitrogens with zero attached hydrogens (tertiary/aromatic N) is 1. The smallest absolute Gasteiger partial charge is 0.00442 e. The Kier molecular flexibility index (Phi) is 2.69. The number of hydrogen-bond acceptors (Lipinski definition) is 1. The van der Waals surface area contributed by atoms with Crippen molar-refractivity contribution in [2.24, 2.45) is 5.92 Å². The van der Waals surface area contributed by atoms with Crippen molar-refractivity contribution in [3.63, 3.8) is 0 Å². The Morgan fingerprint density at radius 2 is 2.00 bits per heavy atom. The monoisotopic (exact) mass is 136 g/mol. The second-order valence-electron chi connectivity index (χ2n) is 2.89. The van der Waals surface area contributed by atoms with Gasteiger partial charge in [-0.3, -0.25) is 0 Å². The normalized spacial score (nSPS) is 24.1. The summed E-state index contributed by atoms with van der Waals surface area (Å²) in [5, 5.41) is 0. The van der Waals surface area contributed by atoms with Crippen molar-refractivity contribution < 1.29 is 0 Å². The van der Waals surface area contributed by atoms with Crippen LogP contribution < -0.4 is 0 Å². The van der Waals surface area contributed by atoms with Gasteiger partial charge in [0.05, 0.1) is 0 Å². The Labute approximate surface area is 63.0 Å². The van der Waals surface area contributed by atoms with E-state index in [1.54, 1.807) is 0 Å². The summed E-state index contributed by atoms with van der Waals surface area (Å²) in [5.74, 6) is 0.611. The van der Waals surface area contributed by atoms with Crippen molar-refractivity contribution in [2.45, 2.75) is 0 Å². The van der Waals surface area contributed by atoms with Crippen LogP contribution >= 0.6 is 0 Å². The Balaban J connectivity index is 2.30. The Morgan fingerprint density at radius 1 is 1.20 bits per heavy atom. The molecule has 1 aliphatic carbocycles. The summed E-state index contributed by atoms with van der Waals surface area (Å²) < 4.78 is 0. The highest BCUT2D eigenvalue weighted by atomic mass is 15.1. The van der Waals surface area contributed by atoms with Crippen LogP contribution in [-0.4, -0.2) is 25.5 Å². The number of hydrogen-bond donors (Lipinski definition) is 0. The van der Waals surface area contributed by atoms with Gasteiger partial charge < -0.3 is 4.90 Å². The average molecular weight is 136 g/mol. The van der Waals surface area contributed by atoms with Crippen molar-refractivity contribution in [3.8, 4) is 0 Å². The minimum atomic E-state index is 0.611. The Bertz CT molecular complexity index is 145. The van der Waals surface area contributed by atoms with E-state index in [4.69, 9.17) is 0 Å². The quantitative estimate of drug-likeness (QED) is 0.556. The van der Waals surface area contributed by atoms with Gasteiger partial charge in [-0.05, 0) is 26.4 Å². The van der Waals surface area contributed by atoms with Crippen LogP contribution in [0.2, 0.25) is 0 Å². The van der Waals surface area contributed by atoms with Crippen molar-refractivity contribution in [1.29, 1.82) is 0 Å². The first kappa shape index (κ1) is 7.55. The molecule has 1 nitrogen and oxygen atoms in total. The molecule has 1 atom stereocenters. The van der Waals surface area contributed by atoms with Gasteiger partial charge >= 0.3 is 0 Å². The maximum Gasteiger partial charge on any atom is 0.00442 e. The van der Waals surface area contributed by atoms with Gasteiger partial charge in [-0.2, -0.15) is 0 Å². The van der Waals surface area contributed by atoms with E-state index in [2.05, 4.69) is 49.7 Å². The molecule has 0 saturated carbocycles. The molecule has 0 spiro atoms. The third-order valence-corrected chi connectivity index (χ3v) is 1.51. The molecule has 0 aromatic carbocycles. The highest BCUT2D eigenvalue weighted by molar-refractivity contribution is 5.19. The summed E-state index contributed by atoms with van der Waals surface area (Å²) in [5.41, 5.74) is 0. The first-order valence-electron chi connectivity index (χ1n) is 3.62. The zero-order valence-electron chi connectivity index (χ0n) is 6.62. The van der Waals surface area contributed by atoms with Crippen LogP contribution in [0.15, 0.2) is 24.3 Å². The van der Waals surface area contributed by atoms with E-state index >= 15 is 0 Å². The predicted molar refractivity (Wildman–Crippen MR) is 44.6 cm³/mol. The second kappa shape index (κ2) is 3.57. The molecule has 0 aromatic heterocycles. The van der Waals surface area contributed by atoms with Crippen LogP contribution in [0.1, 0.15) is 0 Å². The maximum absolute atomic E-state index is 2.22. The van der Waals surface area contributed by atoms with E-state index in [1.165, 1.54) is 0 Å². The van der Waals surface area contributed by atoms with Gasteiger partial charge in [0, 0.05) is 6.54 Å². The van der Waals surface area contributed by atoms with Gasteiger partial charge in [-0.1, -0.05) is 24.3 Å². The molecule has 0 N–H and O–H groups in total. The fraction of sp³-hybridized carbons (Fsp3) is 0.444. The van der Waals surface area contributed by atoms with E-state index < -0.39 is 0 Å². The third-order valence-electron chi connectivity index (χ3n) is 1.51. The molecule has 0 amide bonds. The Morgan fingerprint density at radius 3 is 2.50 bits per heavy atom. The molecule has 55 valence electrons. The van der Waals surface area contributed by atoms with Gasteiger partial charge in [0.25, 0.3) is 0 Å². The second-order valence-corrected chi connectivity index (χ2v) is 2.89. The van der Waals surface area contributed by atoms with Crippen LogP contribution in [0.3, 0.4) is 0 Å². The summed E-state index contributed by atoms with van der Waals surface area (Å²) in [6.07, 6.45) is 10.7. The standard InChI is InChI=1S/C9H14N/c1-10(2)8-9-6-4-3-5-7-9/h3-7,9H,8H2,1-2H3. The molecular formula is C9H14N. The average Bonchev–Trinajstić information content (AvgIpc) is 1.88. The van der Waals surface area contributed by atoms with Crippen molar-refractivity contribution in [3.05, 3.63) is 30.7 Å². The van der Waals surface area contributed by atoms with Crippen molar-refractivity contribution in [2.75, 3.05) is 20.6 Å². The topological polar surface area (TPSA) is 3.24 Å². The van der Waals surface area contributed by atoms with Gasteiger partial charge in [-0.15, -0.1) is 0 Å². The summed E-state index contributed by atoms with van der Waals surface area (Å²) >= 11 is 0. The van der Waals surface area contributed by atoms with E-state index in [0.29, 0.717) is 5.92 Å². The van der Waals surface area contributed by atoms with E-state index in [9.17, 15) is 0 Å². The largest absolute Gasteiger partial charge is 0.309 e. The zero-order valence-corrected chi connectivity index (χ0v) is 6.62. The van der Waals surface area contributed by atoms with Gasteiger partial charge in [0.15, 0.2) is 0 Å². The molecule has 10 heavy (non-hydrogen) atoms. The van der Waals surface area contributed by atoms with Crippen molar-refractivity contribution >= 4 is 0 Å². The van der Waals surface area contributed by atoms with Crippen LogP contribution in [0, 0.1) is 12.3 Å². The minimum absolute atomic E-state index is 0.611. The maximum atomic E-state index is 2.22. The SMILES string of the molecule is CN(C)CC1[CH]C=CC=C1. The zero-order chi connectivity index (χ0) is 7.40. The van der Waals surface area contributed by atoms with Crippen LogP contribution in [0.4, 0.5) is 0 Å². The molecule has 0 saturated heterocycles. The lowest BCUT2D eigenvalue weighted by atomic mass is 10.0. The molecule has 0 aromatic rings. The number of rotatable bonds is 2. The molecule has 1 aliphatic rings. The first-order valence-corrected chi connectivity index (χ1v) is 3.62. The highest BCUT2D eigenvalue weighted by Gasteiger charge is 2.05. The molecule has 1 heteroatoms. The van der Waals surface area contributed by atoms with Crippen LogP contribution in [0.5, 0.6) is 0 Å². The van der Waals surface area contributed by atoms with Gasteiger partial charge in [0.1, 0.15) is 0 Å². The number of allylic oxidation sites excluding steroid dienone is 3. The lowest BCUT2D eigenvalue weighted by molar-refractivity contribution is 0.379. The summed E-state index contributed by atoms with van der Waals surface area (Å²) in [7, 11) is 4.19. The summed E-state index contributed by atoms with van der Waals surface area (Å²) in [4.78, 5) is 2.20. The molecule has 1 unspecified atom stereocenters. The third kappa shape index (κ3) is 2.36. The molecule has 1 rings (SSSR count). The lowest BCUT2D eigenvalue weighted by Gasteiger charge is -2.17. The lowest BCUT2D eigenvalue weighted by Crippen LogP contribution is -2.20. The molecule has 1 radical (unpaired) electrons. The fourth-order valence-corrected chi connectivity index (χ4v) is 1.09. The summed E-state index contributed by atoms with van der Waals surface area (Å²) in [6, 6.07) is 0. The summed E-state index contributed by atoms with van der Waals surface area (Å²) in [6.45, 7) is 1.11. The Hall–Kier alpha value is -0.560. The minimum Gasteiger partial charge on any atom is -0.309 e. The first-order chi connectivity index (χ1) is 4.79. The molecule has 0 bridgehead atoms. The fourth-order valence-electron chi connectivity index (χ4n) is 1.09. The predicted octanol–water partition coefficient (Wildman–Crippen LogP) is 1.49. The molecule has 0 aliphatic heterocycles. The van der Waals surface area contributed by atoms with E-state index in [-0.39, 0.29) is 0 Å². The highest BCUT2D eigenvalue weighted by Crippen LogP contribution is 2.10. The van der Waals surface area contributed by atoms with Crippen LogP contribution in [-0.2, 0) is 0 Å². The van der Waals surface area contributed by atoms with E-state index in [1.807, 2.05) is 0 Å². The molecule has 0 fully saturated rings. The molecule has 0 heterocycles. The van der Waals surface area contributed by atoms with Crippen molar-refractivity contribution in [1.82, 2.24) is 4.90 Å². The van der Waals surface area contributed by atoms with Gasteiger partial charge in [-0.25, -0.2) is 0 Å². The van der Waals surface area contributed by atoms with E-state index in [0.717, 1.165) is 6.54 Å². The van der Waals surface area contributed by atoms with Gasteiger partial charge in [0.2, 0.25) is 0 Å². The van der Waals surface area contributed by atoms with Crippen LogP contribution in [0.25, 0.3) is 0 Å².